The second-order valence-electron chi connectivity index (χ2n) is 7.16. The number of nitrogens with zero attached hydrogens (tertiary/aromatic N) is 1. The molecule has 120 valence electrons. The first-order valence-corrected chi connectivity index (χ1v) is 8.28. The van der Waals surface area contributed by atoms with Crippen LogP contribution in [0.1, 0.15) is 58.4 Å². The van der Waals surface area contributed by atoms with E-state index < -0.39 is 6.09 Å². The highest BCUT2D eigenvalue weighted by atomic mass is 16.5. The minimum absolute atomic E-state index is 0.203. The van der Waals surface area contributed by atoms with E-state index in [1.807, 2.05) is 30.3 Å². The molecule has 1 aromatic rings. The molecule has 3 heteroatoms. The van der Waals surface area contributed by atoms with E-state index in [0.29, 0.717) is 12.5 Å². The fourth-order valence-corrected chi connectivity index (χ4v) is 2.93. The summed E-state index contributed by atoms with van der Waals surface area (Å²) in [6.07, 6.45) is 5.69. The average molecular weight is 301 g/mol. The molecule has 1 aromatic carbocycles. The van der Waals surface area contributed by atoms with Crippen molar-refractivity contribution in [1.29, 1.82) is 0 Å². The normalized spacial score (nSPS) is 17.3. The van der Waals surface area contributed by atoms with Gasteiger partial charge in [-0.05, 0) is 24.3 Å². The molecule has 1 aliphatic carbocycles. The van der Waals surface area contributed by atoms with Crippen LogP contribution < -0.4 is 0 Å². The molecule has 1 fully saturated rings. The zero-order valence-electron chi connectivity index (χ0n) is 14.0. The Morgan fingerprint density at radius 2 is 1.77 bits per heavy atom. The average Bonchev–Trinajstić information content (AvgIpc) is 2.51. The minimum Gasteiger partial charge on any atom is -0.448 e. The molecule has 0 radical (unpaired) electrons. The van der Waals surface area contributed by atoms with E-state index in [2.05, 4.69) is 25.8 Å². The fourth-order valence-electron chi connectivity index (χ4n) is 2.93. The molecule has 1 amide bonds. The number of hydrogen-bond acceptors (Lipinski definition) is 2. The molecule has 0 saturated heterocycles. The lowest BCUT2D eigenvalue weighted by molar-refractivity contribution is 0.125. The molecule has 0 N–H and O–H groups in total. The van der Waals surface area contributed by atoms with Crippen molar-refractivity contribution in [3.63, 3.8) is 0 Å². The number of carbonyl (C=O) groups is 1. The van der Waals surface area contributed by atoms with Crippen LogP contribution in [0.2, 0.25) is 0 Å². The molecule has 22 heavy (non-hydrogen) atoms. The lowest BCUT2D eigenvalue weighted by Gasteiger charge is -2.22. The molecular weight excluding hydrogens is 274 g/mol. The number of hydrogen-bond donors (Lipinski definition) is 0. The highest BCUT2D eigenvalue weighted by Gasteiger charge is 2.23. The van der Waals surface area contributed by atoms with Crippen molar-refractivity contribution in [2.75, 3.05) is 6.61 Å². The van der Waals surface area contributed by atoms with Gasteiger partial charge in [0.15, 0.2) is 0 Å². The van der Waals surface area contributed by atoms with Crippen LogP contribution in [-0.2, 0) is 4.74 Å². The van der Waals surface area contributed by atoms with Crippen LogP contribution in [0.5, 0.6) is 0 Å². The predicted molar refractivity (Wildman–Crippen MR) is 90.4 cm³/mol. The molecule has 0 aromatic heterocycles. The minimum atomic E-state index is -0.459. The number of aliphatic imine (C=N–C) groups is 1. The van der Waals surface area contributed by atoms with Crippen LogP contribution in [-0.4, -0.2) is 18.4 Å². The van der Waals surface area contributed by atoms with Crippen LogP contribution in [0, 0.1) is 11.3 Å². The van der Waals surface area contributed by atoms with Crippen LogP contribution >= 0.6 is 0 Å². The van der Waals surface area contributed by atoms with Crippen molar-refractivity contribution in [1.82, 2.24) is 0 Å². The van der Waals surface area contributed by atoms with E-state index in [0.717, 1.165) is 11.3 Å². The van der Waals surface area contributed by atoms with Crippen molar-refractivity contribution in [2.24, 2.45) is 16.3 Å². The van der Waals surface area contributed by atoms with Gasteiger partial charge in [-0.15, -0.1) is 0 Å². The molecule has 1 aliphatic rings. The van der Waals surface area contributed by atoms with Crippen LogP contribution in [0.15, 0.2) is 35.3 Å². The lowest BCUT2D eigenvalue weighted by Crippen LogP contribution is -2.24. The number of amides is 1. The Balaban J connectivity index is 2.03. The topological polar surface area (TPSA) is 38.7 Å². The third-order valence-corrected chi connectivity index (χ3v) is 4.13. The van der Waals surface area contributed by atoms with Crippen molar-refractivity contribution >= 4 is 11.8 Å². The van der Waals surface area contributed by atoms with Crippen LogP contribution in [0.4, 0.5) is 4.79 Å². The molecule has 0 atom stereocenters. The molecular formula is C19H27NO2. The molecule has 0 bridgehead atoms. The summed E-state index contributed by atoms with van der Waals surface area (Å²) in [6, 6.07) is 9.86. The molecule has 3 nitrogen and oxygen atoms in total. The first kappa shape index (κ1) is 16.7. The summed E-state index contributed by atoms with van der Waals surface area (Å²) in [5.41, 5.74) is 1.55. The Morgan fingerprint density at radius 3 is 2.36 bits per heavy atom. The van der Waals surface area contributed by atoms with Gasteiger partial charge in [-0.3, -0.25) is 0 Å². The second-order valence-corrected chi connectivity index (χ2v) is 7.16. The van der Waals surface area contributed by atoms with E-state index in [9.17, 15) is 4.79 Å². The SMILES string of the molecule is CC(C)(C)/C(=N/C(=O)OCC1CCCCC1)c1ccccc1. The first-order chi connectivity index (χ1) is 10.5. The summed E-state index contributed by atoms with van der Waals surface area (Å²) < 4.78 is 5.40. The molecule has 0 aliphatic heterocycles. The third kappa shape index (κ3) is 4.97. The van der Waals surface area contributed by atoms with E-state index in [1.54, 1.807) is 0 Å². The first-order valence-electron chi connectivity index (χ1n) is 8.28. The van der Waals surface area contributed by atoms with E-state index in [4.69, 9.17) is 4.74 Å². The summed E-state index contributed by atoms with van der Waals surface area (Å²) in [7, 11) is 0. The van der Waals surface area contributed by atoms with Gasteiger partial charge in [0.25, 0.3) is 0 Å². The summed E-state index contributed by atoms with van der Waals surface area (Å²) in [6.45, 7) is 6.70. The quantitative estimate of drug-likeness (QED) is 0.716. The van der Waals surface area contributed by atoms with Crippen LogP contribution in [0.3, 0.4) is 0 Å². The Morgan fingerprint density at radius 1 is 1.14 bits per heavy atom. The second kappa shape index (κ2) is 7.57. The Hall–Kier alpha value is -1.64. The largest absolute Gasteiger partial charge is 0.448 e. The zero-order valence-corrected chi connectivity index (χ0v) is 14.0. The van der Waals surface area contributed by atoms with Gasteiger partial charge in [0.1, 0.15) is 0 Å². The fraction of sp³-hybridized carbons (Fsp3) is 0.579. The molecule has 0 unspecified atom stereocenters. The molecule has 0 heterocycles. The van der Waals surface area contributed by atoms with Gasteiger partial charge in [-0.1, -0.05) is 70.4 Å². The van der Waals surface area contributed by atoms with Gasteiger partial charge >= 0.3 is 6.09 Å². The highest BCUT2D eigenvalue weighted by Crippen LogP contribution is 2.25. The van der Waals surface area contributed by atoms with Gasteiger partial charge < -0.3 is 4.74 Å². The van der Waals surface area contributed by atoms with Crippen molar-refractivity contribution in [3.8, 4) is 0 Å². The van der Waals surface area contributed by atoms with Gasteiger partial charge in [0, 0.05) is 5.41 Å². The van der Waals surface area contributed by atoms with Gasteiger partial charge in [0.05, 0.1) is 12.3 Å². The number of benzene rings is 1. The Bertz CT molecular complexity index is 508. The third-order valence-electron chi connectivity index (χ3n) is 4.13. The summed E-state index contributed by atoms with van der Waals surface area (Å²) in [5.74, 6) is 0.516. The van der Waals surface area contributed by atoms with Gasteiger partial charge in [-0.2, -0.15) is 4.99 Å². The summed E-state index contributed by atoms with van der Waals surface area (Å²) >= 11 is 0. The maximum Gasteiger partial charge on any atom is 0.433 e. The van der Waals surface area contributed by atoms with E-state index >= 15 is 0 Å². The van der Waals surface area contributed by atoms with E-state index in [1.165, 1.54) is 32.1 Å². The van der Waals surface area contributed by atoms with Crippen LogP contribution in [0.25, 0.3) is 0 Å². The monoisotopic (exact) mass is 301 g/mol. The maximum absolute atomic E-state index is 12.1. The number of ether oxygens (including phenoxy) is 1. The van der Waals surface area contributed by atoms with Crippen molar-refractivity contribution in [2.45, 2.75) is 52.9 Å². The standard InChI is InChI=1S/C19H27NO2/c1-19(2,3)17(16-12-8-5-9-13-16)20-18(21)22-14-15-10-6-4-7-11-15/h5,8-9,12-13,15H,4,6-7,10-11,14H2,1-3H3/b20-17+. The smallest absolute Gasteiger partial charge is 0.433 e. The highest BCUT2D eigenvalue weighted by molar-refractivity contribution is 6.08. The molecule has 2 rings (SSSR count). The van der Waals surface area contributed by atoms with Crippen molar-refractivity contribution in [3.05, 3.63) is 35.9 Å². The van der Waals surface area contributed by atoms with Gasteiger partial charge in [0.2, 0.25) is 0 Å². The summed E-state index contributed by atoms with van der Waals surface area (Å²) in [5, 5.41) is 0. The number of rotatable bonds is 3. The Labute approximate surface area is 133 Å². The Kier molecular flexibility index (Phi) is 5.76. The van der Waals surface area contributed by atoms with Crippen molar-refractivity contribution < 1.29 is 9.53 Å². The predicted octanol–water partition coefficient (Wildman–Crippen LogP) is 5.24. The zero-order chi connectivity index (χ0) is 16.0. The molecule has 0 spiro atoms. The lowest BCUT2D eigenvalue weighted by atomic mass is 9.85. The maximum atomic E-state index is 12.1. The van der Waals surface area contributed by atoms with E-state index in [-0.39, 0.29) is 5.41 Å². The van der Waals surface area contributed by atoms with Gasteiger partial charge in [-0.25, -0.2) is 4.79 Å². The molecule has 1 saturated carbocycles. The number of carbonyl (C=O) groups excluding carboxylic acids is 1. The summed E-state index contributed by atoms with van der Waals surface area (Å²) in [4.78, 5) is 16.4.